The van der Waals surface area contributed by atoms with Crippen LogP contribution in [0.4, 0.5) is 4.79 Å². The number of carbonyl (C=O) groups is 2. The predicted molar refractivity (Wildman–Crippen MR) is 97.6 cm³/mol. The molecule has 26 heavy (non-hydrogen) atoms. The van der Waals surface area contributed by atoms with E-state index in [2.05, 4.69) is 0 Å². The van der Waals surface area contributed by atoms with Crippen LogP contribution in [0.15, 0.2) is 30.3 Å². The Kier molecular flexibility index (Phi) is 6.14. The van der Waals surface area contributed by atoms with Gasteiger partial charge >= 0.3 is 6.09 Å². The highest BCUT2D eigenvalue weighted by Crippen LogP contribution is 2.39. The Balaban J connectivity index is 1.57. The van der Waals surface area contributed by atoms with Crippen LogP contribution in [0.5, 0.6) is 0 Å². The summed E-state index contributed by atoms with van der Waals surface area (Å²) in [7, 11) is 1.65. The molecule has 2 heterocycles. The first-order valence-electron chi connectivity index (χ1n) is 9.34. The molecule has 2 amide bonds. The van der Waals surface area contributed by atoms with E-state index in [9.17, 15) is 9.59 Å². The first kappa shape index (κ1) is 18.7. The van der Waals surface area contributed by atoms with E-state index in [0.717, 1.165) is 31.4 Å². The molecule has 2 aliphatic rings. The van der Waals surface area contributed by atoms with E-state index >= 15 is 0 Å². The fourth-order valence-corrected chi connectivity index (χ4v) is 4.02. The molecule has 2 fully saturated rings. The van der Waals surface area contributed by atoms with Gasteiger partial charge in [0.15, 0.2) is 0 Å². The highest BCUT2D eigenvalue weighted by molar-refractivity contribution is 5.77. The van der Waals surface area contributed by atoms with E-state index in [1.54, 1.807) is 7.11 Å². The molecule has 2 aliphatic heterocycles. The number of nitrogens with zero attached hydrogens (tertiary/aromatic N) is 2. The molecule has 0 unspecified atom stereocenters. The van der Waals surface area contributed by atoms with Gasteiger partial charge in [-0.3, -0.25) is 4.79 Å². The number of benzene rings is 1. The molecule has 0 N–H and O–H groups in total. The number of likely N-dealkylation sites (tertiary alicyclic amines) is 2. The Morgan fingerprint density at radius 2 is 2.00 bits per heavy atom. The third-order valence-electron chi connectivity index (χ3n) is 5.44. The van der Waals surface area contributed by atoms with Crippen LogP contribution in [0.3, 0.4) is 0 Å². The molecule has 1 spiro atoms. The van der Waals surface area contributed by atoms with Crippen molar-refractivity contribution in [1.29, 1.82) is 0 Å². The van der Waals surface area contributed by atoms with E-state index in [0.29, 0.717) is 39.3 Å². The fourth-order valence-electron chi connectivity index (χ4n) is 4.02. The van der Waals surface area contributed by atoms with Crippen molar-refractivity contribution in [3.05, 3.63) is 35.9 Å². The Labute approximate surface area is 155 Å². The minimum Gasteiger partial charge on any atom is -0.445 e. The highest BCUT2D eigenvalue weighted by atomic mass is 16.6. The quantitative estimate of drug-likeness (QED) is 0.810. The van der Waals surface area contributed by atoms with Gasteiger partial charge in [-0.15, -0.1) is 0 Å². The summed E-state index contributed by atoms with van der Waals surface area (Å²) in [6.07, 6.45) is 3.14. The molecular weight excluding hydrogens is 332 g/mol. The molecule has 0 bridgehead atoms. The molecule has 6 nitrogen and oxygen atoms in total. The molecule has 0 aliphatic carbocycles. The maximum Gasteiger partial charge on any atom is 0.410 e. The van der Waals surface area contributed by atoms with Crippen LogP contribution in [0.2, 0.25) is 0 Å². The zero-order valence-corrected chi connectivity index (χ0v) is 15.5. The number of carbonyl (C=O) groups excluding carboxylic acids is 2. The summed E-state index contributed by atoms with van der Waals surface area (Å²) in [5.41, 5.74) is 0.979. The molecule has 0 radical (unpaired) electrons. The van der Waals surface area contributed by atoms with Crippen LogP contribution >= 0.6 is 0 Å². The van der Waals surface area contributed by atoms with Gasteiger partial charge in [0.25, 0.3) is 0 Å². The molecule has 1 aromatic carbocycles. The highest BCUT2D eigenvalue weighted by Gasteiger charge is 2.42. The zero-order chi connectivity index (χ0) is 18.4. The smallest absolute Gasteiger partial charge is 0.410 e. The lowest BCUT2D eigenvalue weighted by Gasteiger charge is -2.47. The van der Waals surface area contributed by atoms with E-state index < -0.39 is 0 Å². The number of hydrogen-bond donors (Lipinski definition) is 0. The minimum atomic E-state index is -0.256. The average Bonchev–Trinajstić information content (AvgIpc) is 2.68. The molecule has 1 aromatic rings. The van der Waals surface area contributed by atoms with Crippen molar-refractivity contribution >= 4 is 12.0 Å². The third kappa shape index (κ3) is 4.55. The summed E-state index contributed by atoms with van der Waals surface area (Å²) in [5, 5.41) is 0. The first-order chi connectivity index (χ1) is 12.6. The van der Waals surface area contributed by atoms with Crippen LogP contribution in [-0.4, -0.2) is 61.7 Å². The van der Waals surface area contributed by atoms with Crippen molar-refractivity contribution in [3.8, 4) is 0 Å². The van der Waals surface area contributed by atoms with Crippen LogP contribution in [0.1, 0.15) is 31.2 Å². The predicted octanol–water partition coefficient (Wildman–Crippen LogP) is 2.67. The molecule has 3 rings (SSSR count). The van der Waals surface area contributed by atoms with Crippen molar-refractivity contribution in [2.24, 2.45) is 5.41 Å². The zero-order valence-electron chi connectivity index (χ0n) is 15.5. The molecule has 1 atom stereocenters. The molecule has 2 saturated heterocycles. The van der Waals surface area contributed by atoms with E-state index in [1.165, 1.54) is 0 Å². The number of piperidine rings is 2. The van der Waals surface area contributed by atoms with Crippen LogP contribution in [-0.2, 0) is 20.9 Å². The van der Waals surface area contributed by atoms with Gasteiger partial charge in [0.2, 0.25) is 5.91 Å². The van der Waals surface area contributed by atoms with Gasteiger partial charge in [-0.25, -0.2) is 4.79 Å². The normalized spacial score (nSPS) is 23.3. The van der Waals surface area contributed by atoms with Gasteiger partial charge in [-0.2, -0.15) is 0 Å². The Bertz CT molecular complexity index is 621. The Morgan fingerprint density at radius 1 is 1.19 bits per heavy atom. The summed E-state index contributed by atoms with van der Waals surface area (Å²) in [6, 6.07) is 9.72. The largest absolute Gasteiger partial charge is 0.445 e. The summed E-state index contributed by atoms with van der Waals surface area (Å²) < 4.78 is 10.6. The molecule has 0 aromatic heterocycles. The van der Waals surface area contributed by atoms with Crippen molar-refractivity contribution in [3.63, 3.8) is 0 Å². The van der Waals surface area contributed by atoms with Gasteiger partial charge < -0.3 is 19.3 Å². The Hall–Kier alpha value is -2.08. The molecule has 0 saturated carbocycles. The maximum absolute atomic E-state index is 12.5. The monoisotopic (exact) mass is 360 g/mol. The van der Waals surface area contributed by atoms with E-state index in [1.807, 2.05) is 40.1 Å². The fraction of sp³-hybridized carbons (Fsp3) is 0.600. The first-order valence-corrected chi connectivity index (χ1v) is 9.34. The second kappa shape index (κ2) is 8.54. The van der Waals surface area contributed by atoms with Crippen molar-refractivity contribution < 1.29 is 19.1 Å². The SMILES string of the molecule is COCCN1C[C@]2(CCCN(C(=O)OCc3ccccc3)C2)CCC1=O. The van der Waals surface area contributed by atoms with Crippen LogP contribution in [0, 0.1) is 5.41 Å². The molecule has 142 valence electrons. The Morgan fingerprint density at radius 3 is 2.77 bits per heavy atom. The van der Waals surface area contributed by atoms with Gasteiger partial charge in [0, 0.05) is 45.1 Å². The van der Waals surface area contributed by atoms with Crippen molar-refractivity contribution in [1.82, 2.24) is 9.80 Å². The maximum atomic E-state index is 12.5. The standard InChI is InChI=1S/C20H28N2O4/c1-25-13-12-21-15-20(10-8-18(21)23)9-5-11-22(16-20)19(24)26-14-17-6-3-2-4-7-17/h2-4,6-7H,5,8-16H2,1H3/t20-/m0/s1. The number of methoxy groups -OCH3 is 1. The lowest BCUT2D eigenvalue weighted by atomic mass is 9.73. The van der Waals surface area contributed by atoms with Gasteiger partial charge in [0.1, 0.15) is 6.61 Å². The summed E-state index contributed by atoms with van der Waals surface area (Å²) in [4.78, 5) is 28.4. The van der Waals surface area contributed by atoms with E-state index in [-0.39, 0.29) is 17.4 Å². The van der Waals surface area contributed by atoms with Gasteiger partial charge in [0.05, 0.1) is 6.61 Å². The number of amides is 2. The minimum absolute atomic E-state index is 0.00827. The number of rotatable bonds is 5. The average molecular weight is 360 g/mol. The van der Waals surface area contributed by atoms with Crippen LogP contribution < -0.4 is 0 Å². The molecule has 6 heteroatoms. The second-order valence-corrected chi connectivity index (χ2v) is 7.37. The third-order valence-corrected chi connectivity index (χ3v) is 5.44. The number of hydrogen-bond acceptors (Lipinski definition) is 4. The molecular formula is C20H28N2O4. The van der Waals surface area contributed by atoms with Crippen molar-refractivity contribution in [2.75, 3.05) is 39.9 Å². The summed E-state index contributed by atoms with van der Waals surface area (Å²) in [5.74, 6) is 0.191. The second-order valence-electron chi connectivity index (χ2n) is 7.37. The summed E-state index contributed by atoms with van der Waals surface area (Å²) >= 11 is 0. The topological polar surface area (TPSA) is 59.1 Å². The lowest BCUT2D eigenvalue weighted by Crippen LogP contribution is -2.55. The van der Waals surface area contributed by atoms with E-state index in [4.69, 9.17) is 9.47 Å². The lowest BCUT2D eigenvalue weighted by molar-refractivity contribution is -0.139. The number of ether oxygens (including phenoxy) is 2. The van der Waals surface area contributed by atoms with Crippen molar-refractivity contribution in [2.45, 2.75) is 32.3 Å². The van der Waals surface area contributed by atoms with Crippen LogP contribution in [0.25, 0.3) is 0 Å². The van der Waals surface area contributed by atoms with Gasteiger partial charge in [-0.1, -0.05) is 30.3 Å². The van der Waals surface area contributed by atoms with Gasteiger partial charge in [-0.05, 0) is 24.8 Å². The summed E-state index contributed by atoms with van der Waals surface area (Å²) in [6.45, 7) is 3.55.